The third kappa shape index (κ3) is 5.52. The number of halogens is 1. The molecule has 2 aliphatic rings. The van der Waals surface area contributed by atoms with E-state index in [1.807, 2.05) is 16.7 Å². The maximum Gasteiger partial charge on any atom is 0.257 e. The van der Waals surface area contributed by atoms with Crippen LogP contribution in [0.4, 0.5) is 4.39 Å². The first-order valence-electron chi connectivity index (χ1n) is 11.4. The smallest absolute Gasteiger partial charge is 0.257 e. The summed E-state index contributed by atoms with van der Waals surface area (Å²) in [7, 11) is 1.79. The monoisotopic (exact) mass is 458 g/mol. The maximum absolute atomic E-state index is 13.3. The Kier molecular flexibility index (Phi) is 6.97. The lowest BCUT2D eigenvalue weighted by Crippen LogP contribution is -2.52. The second kappa shape index (κ2) is 9.91. The lowest BCUT2D eigenvalue weighted by molar-refractivity contribution is -0.139. The van der Waals surface area contributed by atoms with E-state index in [9.17, 15) is 14.0 Å². The van der Waals surface area contributed by atoms with Crippen molar-refractivity contribution in [2.45, 2.75) is 26.2 Å². The summed E-state index contributed by atoms with van der Waals surface area (Å²) in [6.45, 7) is 5.35. The Labute approximate surface area is 193 Å². The van der Waals surface area contributed by atoms with Crippen LogP contribution in [-0.2, 0) is 16.6 Å². The van der Waals surface area contributed by atoms with Crippen molar-refractivity contribution < 1.29 is 23.5 Å². The summed E-state index contributed by atoms with van der Waals surface area (Å²) in [4.78, 5) is 30.1. The summed E-state index contributed by atoms with van der Waals surface area (Å²) in [6.07, 6.45) is 3.56. The predicted molar refractivity (Wildman–Crippen MR) is 119 cm³/mol. The van der Waals surface area contributed by atoms with Crippen molar-refractivity contribution in [2.75, 3.05) is 46.0 Å². The van der Waals surface area contributed by atoms with Crippen LogP contribution in [0.2, 0.25) is 0 Å². The Balaban J connectivity index is 1.53. The molecule has 0 N–H and O–H groups in total. The molecule has 1 aromatic carbocycles. The van der Waals surface area contributed by atoms with Gasteiger partial charge in [-0.15, -0.1) is 0 Å². The summed E-state index contributed by atoms with van der Waals surface area (Å²) in [5.74, 6) is 0.181. The average molecular weight is 459 g/mol. The Hall–Kier alpha value is -2.94. The second-order valence-corrected chi connectivity index (χ2v) is 9.04. The van der Waals surface area contributed by atoms with Gasteiger partial charge in [0.1, 0.15) is 11.6 Å². The molecule has 0 unspecified atom stereocenters. The summed E-state index contributed by atoms with van der Waals surface area (Å²) in [5, 5.41) is 4.30. The normalized spacial score (nSPS) is 21.2. The number of hydrogen-bond acceptors (Lipinski definition) is 5. The van der Waals surface area contributed by atoms with Crippen molar-refractivity contribution in [3.63, 3.8) is 0 Å². The molecule has 0 spiro atoms. The molecular formula is C24H31FN4O4. The first-order chi connectivity index (χ1) is 15.8. The number of ether oxygens (including phenoxy) is 2. The molecule has 4 rings (SSSR count). The van der Waals surface area contributed by atoms with Gasteiger partial charge in [0.25, 0.3) is 5.91 Å². The largest absolute Gasteiger partial charge is 0.493 e. The number of carbonyl (C=O) groups excluding carboxylic acids is 2. The molecule has 3 heterocycles. The fourth-order valence-corrected chi connectivity index (χ4v) is 4.69. The second-order valence-electron chi connectivity index (χ2n) is 9.04. The standard InChI is InChI=1S/C24H31FN4O4/c1-18-21(15-27(2)26-18)23(31)29-9-3-8-24(16-29,14-22(30)28-10-12-32-13-11-28)17-33-20-6-4-19(25)5-7-20/h4-7,15H,3,8-14,16-17H2,1-2H3/t24-/m1/s1. The maximum atomic E-state index is 13.3. The van der Waals surface area contributed by atoms with Crippen molar-refractivity contribution in [2.24, 2.45) is 12.5 Å². The molecule has 0 radical (unpaired) electrons. The minimum Gasteiger partial charge on any atom is -0.493 e. The van der Waals surface area contributed by atoms with E-state index in [1.165, 1.54) is 12.1 Å². The zero-order chi connectivity index (χ0) is 23.4. The molecule has 2 saturated heterocycles. The van der Waals surface area contributed by atoms with Gasteiger partial charge in [-0.1, -0.05) is 0 Å². The van der Waals surface area contributed by atoms with E-state index in [2.05, 4.69) is 5.10 Å². The van der Waals surface area contributed by atoms with Gasteiger partial charge in [0.05, 0.1) is 31.1 Å². The van der Waals surface area contributed by atoms with Crippen molar-refractivity contribution in [3.8, 4) is 5.75 Å². The highest BCUT2D eigenvalue weighted by Crippen LogP contribution is 2.36. The Morgan fingerprint density at radius 2 is 1.88 bits per heavy atom. The zero-order valence-corrected chi connectivity index (χ0v) is 19.3. The first-order valence-corrected chi connectivity index (χ1v) is 11.4. The van der Waals surface area contributed by atoms with Crippen LogP contribution in [0.1, 0.15) is 35.3 Å². The number of likely N-dealkylation sites (tertiary alicyclic amines) is 1. The Morgan fingerprint density at radius 1 is 1.15 bits per heavy atom. The van der Waals surface area contributed by atoms with Gasteiger partial charge < -0.3 is 19.3 Å². The quantitative estimate of drug-likeness (QED) is 0.665. The predicted octanol–water partition coefficient (Wildman–Crippen LogP) is 2.42. The highest BCUT2D eigenvalue weighted by molar-refractivity contribution is 5.95. The van der Waals surface area contributed by atoms with E-state index >= 15 is 0 Å². The van der Waals surface area contributed by atoms with Crippen molar-refractivity contribution in [3.05, 3.63) is 47.5 Å². The molecule has 33 heavy (non-hydrogen) atoms. The van der Waals surface area contributed by atoms with Gasteiger partial charge in [0.15, 0.2) is 0 Å². The van der Waals surface area contributed by atoms with Gasteiger partial charge >= 0.3 is 0 Å². The lowest BCUT2D eigenvalue weighted by Gasteiger charge is -2.43. The number of rotatable bonds is 6. The minimum absolute atomic E-state index is 0.0489. The number of benzene rings is 1. The van der Waals surface area contributed by atoms with Crippen molar-refractivity contribution in [1.29, 1.82) is 0 Å². The van der Waals surface area contributed by atoms with E-state index < -0.39 is 5.41 Å². The molecule has 8 nitrogen and oxygen atoms in total. The van der Waals surface area contributed by atoms with Gasteiger partial charge in [0, 0.05) is 51.3 Å². The lowest BCUT2D eigenvalue weighted by atomic mass is 9.77. The fraction of sp³-hybridized carbons (Fsp3) is 0.542. The van der Waals surface area contributed by atoms with Crippen molar-refractivity contribution in [1.82, 2.24) is 19.6 Å². The third-order valence-corrected chi connectivity index (χ3v) is 6.44. The van der Waals surface area contributed by atoms with E-state index in [0.717, 1.165) is 12.8 Å². The van der Waals surface area contributed by atoms with Gasteiger partial charge in [-0.3, -0.25) is 14.3 Å². The molecule has 0 aliphatic carbocycles. The van der Waals surface area contributed by atoms with Crippen LogP contribution < -0.4 is 4.74 Å². The number of aromatic nitrogens is 2. The highest BCUT2D eigenvalue weighted by Gasteiger charge is 2.41. The van der Waals surface area contributed by atoms with Crippen LogP contribution in [-0.4, -0.2) is 77.4 Å². The Bertz CT molecular complexity index is 987. The van der Waals surface area contributed by atoms with Gasteiger partial charge in [-0.2, -0.15) is 5.10 Å². The highest BCUT2D eigenvalue weighted by atomic mass is 19.1. The molecule has 1 atom stereocenters. The third-order valence-electron chi connectivity index (χ3n) is 6.44. The molecule has 1 aromatic heterocycles. The van der Waals surface area contributed by atoms with Crippen molar-refractivity contribution >= 4 is 11.8 Å². The van der Waals surface area contributed by atoms with Crippen LogP contribution in [0, 0.1) is 18.2 Å². The van der Waals surface area contributed by atoms with E-state index in [0.29, 0.717) is 56.4 Å². The number of nitrogens with zero attached hydrogens (tertiary/aromatic N) is 4. The SMILES string of the molecule is Cc1nn(C)cc1C(=O)N1CCC[C@@](COc2ccc(F)cc2)(CC(=O)N2CCOCC2)C1. The van der Waals surface area contributed by atoms with Gasteiger partial charge in [-0.05, 0) is 44.0 Å². The number of hydrogen-bond donors (Lipinski definition) is 0. The molecule has 2 aliphatic heterocycles. The van der Waals surface area contributed by atoms with E-state index in [-0.39, 0.29) is 30.7 Å². The summed E-state index contributed by atoms with van der Waals surface area (Å²) in [6, 6.07) is 5.86. The van der Waals surface area contributed by atoms with E-state index in [4.69, 9.17) is 9.47 Å². The van der Waals surface area contributed by atoms with Gasteiger partial charge in [0.2, 0.25) is 5.91 Å². The number of carbonyl (C=O) groups is 2. The van der Waals surface area contributed by atoms with Crippen LogP contribution in [0.15, 0.2) is 30.5 Å². The number of piperidine rings is 1. The fourth-order valence-electron chi connectivity index (χ4n) is 4.69. The Morgan fingerprint density at radius 3 is 2.55 bits per heavy atom. The van der Waals surface area contributed by atoms with Crippen LogP contribution in [0.5, 0.6) is 5.75 Å². The zero-order valence-electron chi connectivity index (χ0n) is 19.3. The minimum atomic E-state index is -0.534. The summed E-state index contributed by atoms with van der Waals surface area (Å²) in [5.41, 5.74) is 0.728. The van der Waals surface area contributed by atoms with E-state index in [1.54, 1.807) is 30.1 Å². The number of amides is 2. The van der Waals surface area contributed by atoms with Crippen LogP contribution in [0.3, 0.4) is 0 Å². The molecule has 2 fully saturated rings. The van der Waals surface area contributed by atoms with Gasteiger partial charge in [-0.25, -0.2) is 4.39 Å². The summed E-state index contributed by atoms with van der Waals surface area (Å²) < 4.78 is 26.4. The molecule has 9 heteroatoms. The molecule has 0 bridgehead atoms. The molecular weight excluding hydrogens is 427 g/mol. The average Bonchev–Trinajstić information content (AvgIpc) is 3.16. The topological polar surface area (TPSA) is 76.9 Å². The molecule has 2 amide bonds. The molecule has 0 saturated carbocycles. The summed E-state index contributed by atoms with van der Waals surface area (Å²) >= 11 is 0. The molecule has 178 valence electrons. The van der Waals surface area contributed by atoms with Crippen LogP contribution >= 0.6 is 0 Å². The number of morpholine rings is 1. The first kappa shape index (κ1) is 23.2. The number of aryl methyl sites for hydroxylation is 2. The van der Waals surface area contributed by atoms with Crippen LogP contribution in [0.25, 0.3) is 0 Å². The molecule has 2 aromatic rings.